The monoisotopic (exact) mass is 364 g/mol. The molecule has 148 valence electrons. The lowest BCUT2D eigenvalue weighted by molar-refractivity contribution is -0.370. The lowest BCUT2D eigenvalue weighted by Gasteiger charge is -2.54. The minimum absolute atomic E-state index is 0.309. The number of rotatable bonds is 0. The maximum atomic E-state index is 6.41. The molecule has 4 nitrogen and oxygen atoms in total. The van der Waals surface area contributed by atoms with Gasteiger partial charge in [0.2, 0.25) is 0 Å². The van der Waals surface area contributed by atoms with Crippen molar-refractivity contribution >= 4 is 0 Å². The van der Waals surface area contributed by atoms with Crippen molar-refractivity contribution in [2.24, 2.45) is 10.8 Å². The van der Waals surface area contributed by atoms with E-state index in [-0.39, 0.29) is 11.6 Å². The first-order valence-electron chi connectivity index (χ1n) is 11.2. The fourth-order valence-electron chi connectivity index (χ4n) is 6.08. The largest absolute Gasteiger partial charge is 0.349 e. The zero-order chi connectivity index (χ0) is 17.6. The lowest BCUT2D eigenvalue weighted by atomic mass is 9.73. The number of ether oxygens (including phenoxy) is 4. The molecule has 2 aliphatic heterocycles. The van der Waals surface area contributed by atoms with Crippen LogP contribution in [0.1, 0.15) is 89.9 Å². The Kier molecular flexibility index (Phi) is 4.63. The van der Waals surface area contributed by atoms with E-state index in [1.807, 2.05) is 0 Å². The third-order valence-corrected chi connectivity index (χ3v) is 8.17. The van der Waals surface area contributed by atoms with E-state index in [0.717, 1.165) is 52.1 Å². The quantitative estimate of drug-likeness (QED) is 0.609. The molecule has 0 radical (unpaired) electrons. The molecule has 5 rings (SSSR count). The van der Waals surface area contributed by atoms with Gasteiger partial charge in [0.05, 0.1) is 26.4 Å². The zero-order valence-electron chi connectivity index (χ0n) is 16.4. The summed E-state index contributed by atoms with van der Waals surface area (Å²) < 4.78 is 25.6. The van der Waals surface area contributed by atoms with Gasteiger partial charge < -0.3 is 18.9 Å². The fraction of sp³-hybridized carbons (Fsp3) is 1.00. The van der Waals surface area contributed by atoms with Crippen molar-refractivity contribution in [2.75, 3.05) is 26.4 Å². The average molecular weight is 365 g/mol. The summed E-state index contributed by atoms with van der Waals surface area (Å²) in [7, 11) is 0. The van der Waals surface area contributed by atoms with Gasteiger partial charge >= 0.3 is 0 Å². The van der Waals surface area contributed by atoms with Crippen molar-refractivity contribution in [3.63, 3.8) is 0 Å². The molecule has 5 aliphatic rings. The molecule has 2 saturated heterocycles. The molecule has 3 aliphatic carbocycles. The normalized spacial score (nSPS) is 35.1. The first kappa shape index (κ1) is 17.9. The smallest absolute Gasteiger partial charge is 0.168 e. The first-order chi connectivity index (χ1) is 12.7. The van der Waals surface area contributed by atoms with Crippen molar-refractivity contribution in [1.29, 1.82) is 0 Å². The van der Waals surface area contributed by atoms with Crippen LogP contribution in [0, 0.1) is 10.8 Å². The van der Waals surface area contributed by atoms with E-state index in [4.69, 9.17) is 18.9 Å². The van der Waals surface area contributed by atoms with E-state index >= 15 is 0 Å². The highest BCUT2D eigenvalue weighted by atomic mass is 16.7. The van der Waals surface area contributed by atoms with Crippen LogP contribution in [0.4, 0.5) is 0 Å². The lowest BCUT2D eigenvalue weighted by Crippen LogP contribution is -2.57. The molecule has 2 heterocycles. The number of hydrogen-bond acceptors (Lipinski definition) is 4. The summed E-state index contributed by atoms with van der Waals surface area (Å²) in [6.45, 7) is 3.57. The van der Waals surface area contributed by atoms with E-state index in [2.05, 4.69) is 0 Å². The highest BCUT2D eigenvalue weighted by Gasteiger charge is 2.53. The molecule has 4 heteroatoms. The highest BCUT2D eigenvalue weighted by molar-refractivity contribution is 4.95. The first-order valence-corrected chi connectivity index (χ1v) is 11.2. The van der Waals surface area contributed by atoms with Gasteiger partial charge in [0.15, 0.2) is 11.6 Å². The van der Waals surface area contributed by atoms with Crippen LogP contribution in [-0.4, -0.2) is 38.0 Å². The van der Waals surface area contributed by atoms with Crippen molar-refractivity contribution in [2.45, 2.75) is 101 Å². The van der Waals surface area contributed by atoms with Gasteiger partial charge in [-0.2, -0.15) is 0 Å². The SMILES string of the molecule is C1CCC2(CC1)COC1(CCC3(CC1)OCC1(CCCCC1)CO3)OC2. The predicted octanol–water partition coefficient (Wildman–Crippen LogP) is 4.95. The van der Waals surface area contributed by atoms with Crippen LogP contribution in [0.3, 0.4) is 0 Å². The molecule has 0 bridgehead atoms. The van der Waals surface area contributed by atoms with Crippen molar-refractivity contribution in [1.82, 2.24) is 0 Å². The van der Waals surface area contributed by atoms with Gasteiger partial charge in [-0.15, -0.1) is 0 Å². The molecule has 26 heavy (non-hydrogen) atoms. The summed E-state index contributed by atoms with van der Waals surface area (Å²) in [5, 5.41) is 0. The maximum absolute atomic E-state index is 6.41. The molecule has 0 atom stereocenters. The van der Waals surface area contributed by atoms with E-state index < -0.39 is 0 Å². The van der Waals surface area contributed by atoms with E-state index in [0.29, 0.717) is 10.8 Å². The Morgan fingerprint density at radius 3 is 0.962 bits per heavy atom. The Hall–Kier alpha value is -0.160. The molecule has 0 N–H and O–H groups in total. The summed E-state index contributed by atoms with van der Waals surface area (Å²) in [6.07, 6.45) is 16.9. The topological polar surface area (TPSA) is 36.9 Å². The van der Waals surface area contributed by atoms with Crippen molar-refractivity contribution in [3.05, 3.63) is 0 Å². The van der Waals surface area contributed by atoms with Crippen LogP contribution < -0.4 is 0 Å². The Balaban J connectivity index is 1.16. The Labute approximate surface area is 158 Å². The summed E-state index contributed by atoms with van der Waals surface area (Å²) in [6, 6.07) is 0. The molecular weight excluding hydrogens is 328 g/mol. The summed E-state index contributed by atoms with van der Waals surface area (Å²) in [4.78, 5) is 0. The Morgan fingerprint density at radius 1 is 0.346 bits per heavy atom. The van der Waals surface area contributed by atoms with Crippen molar-refractivity contribution < 1.29 is 18.9 Å². The molecule has 3 saturated carbocycles. The molecule has 0 aromatic rings. The summed E-state index contributed by atoms with van der Waals surface area (Å²) in [5.74, 6) is -0.721. The van der Waals surface area contributed by atoms with Crippen LogP contribution in [0.2, 0.25) is 0 Å². The third-order valence-electron chi connectivity index (χ3n) is 8.17. The second kappa shape index (κ2) is 6.72. The minimum Gasteiger partial charge on any atom is -0.349 e. The molecule has 5 fully saturated rings. The van der Waals surface area contributed by atoms with Gasteiger partial charge in [-0.3, -0.25) is 0 Å². The molecule has 0 amide bonds. The van der Waals surface area contributed by atoms with Gasteiger partial charge in [0, 0.05) is 36.5 Å². The van der Waals surface area contributed by atoms with Crippen LogP contribution in [0.5, 0.6) is 0 Å². The van der Waals surface area contributed by atoms with Crippen LogP contribution in [0.25, 0.3) is 0 Å². The standard InChI is InChI=1S/C22H36O4/c1-3-7-19(8-4-1)15-23-21(24-16-19)11-13-22(14-12-21)25-17-20(18-26-22)9-5-2-6-10-20/h1-18H2. The Bertz CT molecular complexity index is 426. The van der Waals surface area contributed by atoms with Crippen molar-refractivity contribution in [3.8, 4) is 0 Å². The van der Waals surface area contributed by atoms with Gasteiger partial charge in [0.25, 0.3) is 0 Å². The number of hydrogen-bond donors (Lipinski definition) is 0. The van der Waals surface area contributed by atoms with E-state index in [9.17, 15) is 0 Å². The van der Waals surface area contributed by atoms with Gasteiger partial charge in [-0.1, -0.05) is 38.5 Å². The van der Waals surface area contributed by atoms with Gasteiger partial charge in [-0.05, 0) is 25.7 Å². The second-order valence-corrected chi connectivity index (χ2v) is 10.1. The Morgan fingerprint density at radius 2 is 0.654 bits per heavy atom. The van der Waals surface area contributed by atoms with Gasteiger partial charge in [-0.25, -0.2) is 0 Å². The molecule has 0 unspecified atom stereocenters. The fourth-order valence-corrected chi connectivity index (χ4v) is 6.08. The predicted molar refractivity (Wildman–Crippen MR) is 98.8 cm³/mol. The molecular formula is C22H36O4. The molecule has 4 spiro atoms. The van der Waals surface area contributed by atoms with Crippen LogP contribution in [-0.2, 0) is 18.9 Å². The average Bonchev–Trinajstić information content (AvgIpc) is 2.71. The van der Waals surface area contributed by atoms with E-state index in [1.54, 1.807) is 0 Å². The molecule has 0 aromatic heterocycles. The third kappa shape index (κ3) is 3.25. The summed E-state index contributed by atoms with van der Waals surface area (Å²) in [5.41, 5.74) is 0.619. The highest BCUT2D eigenvalue weighted by Crippen LogP contribution is 2.50. The zero-order valence-corrected chi connectivity index (χ0v) is 16.4. The van der Waals surface area contributed by atoms with Crippen LogP contribution >= 0.6 is 0 Å². The minimum atomic E-state index is -0.360. The van der Waals surface area contributed by atoms with Crippen LogP contribution in [0.15, 0.2) is 0 Å². The van der Waals surface area contributed by atoms with E-state index in [1.165, 1.54) is 64.2 Å². The van der Waals surface area contributed by atoms with Gasteiger partial charge in [0.1, 0.15) is 0 Å². The second-order valence-electron chi connectivity index (χ2n) is 10.1. The maximum Gasteiger partial charge on any atom is 0.168 e. The molecule has 0 aromatic carbocycles. The summed E-state index contributed by atoms with van der Waals surface area (Å²) >= 11 is 0.